The van der Waals surface area contributed by atoms with E-state index in [-0.39, 0.29) is 17.1 Å². The van der Waals surface area contributed by atoms with Crippen LogP contribution in [0.15, 0.2) is 18.2 Å². The van der Waals surface area contributed by atoms with Crippen LogP contribution in [0, 0.1) is 0 Å². The smallest absolute Gasteiger partial charge is 0.164 e. The largest absolute Gasteiger partial charge is 0.493 e. The molecule has 2 aliphatic carbocycles. The Balaban J connectivity index is 1.36. The summed E-state index contributed by atoms with van der Waals surface area (Å²) >= 11 is 0. The summed E-state index contributed by atoms with van der Waals surface area (Å²) in [6.07, 6.45) is 5.98. The van der Waals surface area contributed by atoms with Crippen LogP contribution in [0.2, 0.25) is 0 Å². The fourth-order valence-corrected chi connectivity index (χ4v) is 8.71. The maximum atomic E-state index is 6.48. The minimum Gasteiger partial charge on any atom is -0.493 e. The van der Waals surface area contributed by atoms with Crippen LogP contribution in [0.4, 0.5) is 0 Å². The van der Waals surface area contributed by atoms with E-state index in [0.717, 1.165) is 80.1 Å². The van der Waals surface area contributed by atoms with Crippen LogP contribution in [0.1, 0.15) is 59.7 Å². The molecule has 0 amide bonds. The second-order valence-corrected chi connectivity index (χ2v) is 12.1. The lowest BCUT2D eigenvalue weighted by molar-refractivity contribution is -0.0482. The Hall–Kier alpha value is -2.94. The number of likely N-dealkylation sites (N-methyl/N-ethyl adjacent to an activating group) is 1. The molecule has 7 rings (SSSR count). The molecule has 4 atom stereocenters. The molecule has 3 aromatic rings. The van der Waals surface area contributed by atoms with Crippen molar-refractivity contribution in [1.29, 1.82) is 0 Å². The van der Waals surface area contributed by atoms with E-state index in [9.17, 15) is 0 Å². The second-order valence-electron chi connectivity index (χ2n) is 12.1. The van der Waals surface area contributed by atoms with Crippen molar-refractivity contribution >= 4 is 10.9 Å². The fourth-order valence-electron chi connectivity index (χ4n) is 8.71. The summed E-state index contributed by atoms with van der Waals surface area (Å²) in [6.45, 7) is 1.97. The molecule has 8 nitrogen and oxygen atoms in total. The fraction of sp³-hybridized carbons (Fsp3) is 0.562. The third-order valence-corrected chi connectivity index (χ3v) is 10.6. The Morgan fingerprint density at radius 1 is 0.875 bits per heavy atom. The first-order valence-electron chi connectivity index (χ1n) is 14.5. The Bertz CT molecular complexity index is 1480. The van der Waals surface area contributed by atoms with Crippen molar-refractivity contribution in [2.75, 3.05) is 55.7 Å². The Morgan fingerprint density at radius 3 is 2.38 bits per heavy atom. The maximum Gasteiger partial charge on any atom is 0.164 e. The van der Waals surface area contributed by atoms with Crippen LogP contribution in [0.5, 0.6) is 23.0 Å². The summed E-state index contributed by atoms with van der Waals surface area (Å²) in [5.41, 5.74) is 7.59. The lowest BCUT2D eigenvalue weighted by atomic mass is 9.61. The maximum absolute atomic E-state index is 6.48. The average Bonchev–Trinajstić information content (AvgIpc) is 3.52. The number of nitrogens with one attached hydrogen (secondary N) is 2. The Labute approximate surface area is 236 Å². The van der Waals surface area contributed by atoms with Crippen LogP contribution < -0.4 is 24.3 Å². The number of aromatic nitrogens is 1. The molecule has 4 aliphatic rings. The highest BCUT2D eigenvalue weighted by molar-refractivity contribution is 5.88. The highest BCUT2D eigenvalue weighted by Gasteiger charge is 2.58. The summed E-state index contributed by atoms with van der Waals surface area (Å²) in [6, 6.07) is 6.80. The number of nitrogens with zero attached hydrogens (tertiary/aromatic N) is 1. The van der Waals surface area contributed by atoms with Gasteiger partial charge in [-0.2, -0.15) is 0 Å². The van der Waals surface area contributed by atoms with Gasteiger partial charge in [0.05, 0.1) is 40.1 Å². The van der Waals surface area contributed by atoms with Gasteiger partial charge in [0.25, 0.3) is 0 Å². The van der Waals surface area contributed by atoms with Gasteiger partial charge in [0.15, 0.2) is 23.0 Å². The van der Waals surface area contributed by atoms with E-state index in [1.54, 1.807) is 28.4 Å². The van der Waals surface area contributed by atoms with Crippen molar-refractivity contribution in [3.63, 3.8) is 0 Å². The molecule has 2 N–H and O–H groups in total. The van der Waals surface area contributed by atoms with Gasteiger partial charge in [-0.05, 0) is 74.4 Å². The lowest BCUT2D eigenvalue weighted by Gasteiger charge is -2.52. The molecular formula is C32H41N3O5. The first-order chi connectivity index (χ1) is 19.4. The Morgan fingerprint density at radius 2 is 1.65 bits per heavy atom. The van der Waals surface area contributed by atoms with Gasteiger partial charge in [0.1, 0.15) is 0 Å². The molecule has 0 saturated heterocycles. The monoisotopic (exact) mass is 547 g/mol. The summed E-state index contributed by atoms with van der Waals surface area (Å²) in [7, 11) is 11.1. The quantitative estimate of drug-likeness (QED) is 0.483. The number of hydrogen-bond donors (Lipinski definition) is 2. The number of H-pyrrole nitrogens is 1. The Kier molecular flexibility index (Phi) is 6.04. The predicted octanol–water partition coefficient (Wildman–Crippen LogP) is 4.61. The normalized spacial score (nSPS) is 29.1. The zero-order valence-corrected chi connectivity index (χ0v) is 24.5. The molecule has 1 saturated carbocycles. The van der Waals surface area contributed by atoms with E-state index < -0.39 is 0 Å². The number of rotatable bonds is 5. The molecule has 214 valence electrons. The molecule has 8 heteroatoms. The van der Waals surface area contributed by atoms with Crippen LogP contribution in [0.25, 0.3) is 10.9 Å². The van der Waals surface area contributed by atoms with Crippen molar-refractivity contribution in [1.82, 2.24) is 15.2 Å². The molecule has 0 radical (unpaired) electrons. The molecule has 0 bridgehead atoms. The van der Waals surface area contributed by atoms with Crippen molar-refractivity contribution < 1.29 is 23.7 Å². The summed E-state index contributed by atoms with van der Waals surface area (Å²) < 4.78 is 29.8. The van der Waals surface area contributed by atoms with Crippen molar-refractivity contribution in [3.8, 4) is 23.0 Å². The van der Waals surface area contributed by atoms with Gasteiger partial charge >= 0.3 is 0 Å². The summed E-state index contributed by atoms with van der Waals surface area (Å²) in [5, 5.41) is 5.17. The molecule has 2 aromatic carbocycles. The minimum absolute atomic E-state index is 0.0193. The number of aromatic amines is 1. The van der Waals surface area contributed by atoms with Crippen LogP contribution in [-0.2, 0) is 28.5 Å². The number of methoxy groups -OCH3 is 5. The number of hydrogen-bond acceptors (Lipinski definition) is 7. The van der Waals surface area contributed by atoms with E-state index in [1.165, 1.54) is 33.3 Å². The van der Waals surface area contributed by atoms with Crippen LogP contribution in [-0.4, -0.2) is 71.7 Å². The van der Waals surface area contributed by atoms with E-state index in [0.29, 0.717) is 6.04 Å². The first-order valence-corrected chi connectivity index (χ1v) is 14.5. The molecule has 3 heterocycles. The van der Waals surface area contributed by atoms with Gasteiger partial charge in [0, 0.05) is 59.9 Å². The summed E-state index contributed by atoms with van der Waals surface area (Å²) in [5.74, 6) is 3.26. The van der Waals surface area contributed by atoms with E-state index in [4.69, 9.17) is 23.7 Å². The third kappa shape index (κ3) is 3.36. The van der Waals surface area contributed by atoms with E-state index >= 15 is 0 Å². The van der Waals surface area contributed by atoms with Crippen molar-refractivity contribution in [2.45, 2.75) is 61.6 Å². The molecule has 0 unspecified atom stereocenters. The molecule has 40 heavy (non-hydrogen) atoms. The van der Waals surface area contributed by atoms with Crippen LogP contribution >= 0.6 is 0 Å². The highest BCUT2D eigenvalue weighted by atomic mass is 16.5. The molecule has 1 aromatic heterocycles. The molecule has 1 fully saturated rings. The predicted molar refractivity (Wildman–Crippen MR) is 154 cm³/mol. The highest BCUT2D eigenvalue weighted by Crippen LogP contribution is 2.63. The van der Waals surface area contributed by atoms with E-state index in [2.05, 4.69) is 40.4 Å². The van der Waals surface area contributed by atoms with Gasteiger partial charge in [-0.3, -0.25) is 4.90 Å². The zero-order valence-electron chi connectivity index (χ0n) is 24.5. The van der Waals surface area contributed by atoms with Crippen LogP contribution in [0.3, 0.4) is 0 Å². The lowest BCUT2D eigenvalue weighted by Crippen LogP contribution is -2.60. The molecule has 2 aliphatic heterocycles. The SMILES string of the molecule is COc1cc2[nH]c3c(c2cc1OC)CCN[C@@]31CC[C@@]2(C[C@H]3c4c(cc(OC)c(OC)c42)CCN3C)C[C@H]1OC. The van der Waals surface area contributed by atoms with Gasteiger partial charge in [-0.15, -0.1) is 0 Å². The standard InChI is InChI=1S/C32H41N3O5/c1-35-12-8-18-13-25(38-4)29(40-6)28-27(18)22(35)16-31(28)9-10-32(26(17-31)39-5)30-19(7-11-33-32)20-14-23(36-2)24(37-3)15-21(20)34-30/h13-15,22,26,33-34H,7-12,16-17H2,1-6H3/t22-,26+,31+,32+/m0/s1. The number of fused-ring (bicyclic) bond motifs is 5. The summed E-state index contributed by atoms with van der Waals surface area (Å²) in [4.78, 5) is 6.36. The van der Waals surface area contributed by atoms with Gasteiger partial charge in [-0.1, -0.05) is 0 Å². The first kappa shape index (κ1) is 26.0. The van der Waals surface area contributed by atoms with Gasteiger partial charge in [0.2, 0.25) is 0 Å². The van der Waals surface area contributed by atoms with Crippen molar-refractivity contribution in [3.05, 3.63) is 46.1 Å². The zero-order chi connectivity index (χ0) is 27.8. The van der Waals surface area contributed by atoms with E-state index in [1.807, 2.05) is 7.11 Å². The molecule has 2 spiro atoms. The third-order valence-electron chi connectivity index (χ3n) is 10.6. The number of benzene rings is 2. The minimum atomic E-state index is -0.299. The second kappa shape index (κ2) is 9.29. The van der Waals surface area contributed by atoms with Crippen molar-refractivity contribution in [2.24, 2.45) is 0 Å². The molecular weight excluding hydrogens is 506 g/mol. The van der Waals surface area contributed by atoms with Gasteiger partial charge in [-0.25, -0.2) is 0 Å². The van der Waals surface area contributed by atoms with Gasteiger partial charge < -0.3 is 34.0 Å². The number of ether oxygens (including phenoxy) is 5. The topological polar surface area (TPSA) is 77.2 Å². The average molecular weight is 548 g/mol.